The van der Waals surface area contributed by atoms with Gasteiger partial charge in [0.2, 0.25) is 0 Å². The van der Waals surface area contributed by atoms with Crippen LogP contribution in [0.15, 0.2) is 59.7 Å². The molecule has 118 valence electrons. The minimum atomic E-state index is -0.837. The molecule has 0 fully saturated rings. The first-order valence-electron chi connectivity index (χ1n) is 7.11. The van der Waals surface area contributed by atoms with Crippen LogP contribution in [0.3, 0.4) is 0 Å². The van der Waals surface area contributed by atoms with Crippen LogP contribution in [-0.4, -0.2) is 24.6 Å². The highest BCUT2D eigenvalue weighted by molar-refractivity contribution is 6.39. The molecule has 2 N–H and O–H groups in total. The number of hydrogen-bond donors (Lipinski definition) is 2. The second kappa shape index (κ2) is 8.33. The number of amides is 2. The molecule has 6 heteroatoms. The number of ether oxygens (including phenoxy) is 1. The monoisotopic (exact) mass is 311 g/mol. The molecule has 0 aromatic heterocycles. The molecule has 0 aliphatic carbocycles. The summed E-state index contributed by atoms with van der Waals surface area (Å²) in [4.78, 5) is 23.3. The van der Waals surface area contributed by atoms with E-state index < -0.39 is 11.8 Å². The largest absolute Gasteiger partial charge is 0.494 e. The van der Waals surface area contributed by atoms with Crippen molar-refractivity contribution in [3.05, 3.63) is 60.2 Å². The Balaban J connectivity index is 1.84. The molecular formula is C17H17N3O3. The van der Waals surface area contributed by atoms with Crippen LogP contribution in [0.2, 0.25) is 0 Å². The van der Waals surface area contributed by atoms with Gasteiger partial charge in [-0.2, -0.15) is 5.10 Å². The van der Waals surface area contributed by atoms with Gasteiger partial charge in [0, 0.05) is 5.69 Å². The zero-order valence-corrected chi connectivity index (χ0v) is 12.7. The Labute approximate surface area is 134 Å². The van der Waals surface area contributed by atoms with E-state index in [0.717, 1.165) is 11.3 Å². The van der Waals surface area contributed by atoms with E-state index in [2.05, 4.69) is 15.8 Å². The Morgan fingerprint density at radius 1 is 1.04 bits per heavy atom. The number of hydrogen-bond acceptors (Lipinski definition) is 4. The number of nitrogens with zero attached hydrogens (tertiary/aromatic N) is 1. The summed E-state index contributed by atoms with van der Waals surface area (Å²) < 4.78 is 5.32. The standard InChI is InChI=1S/C17H17N3O3/c1-2-23-15-10-8-13(9-11-15)12-18-20-17(22)16(21)19-14-6-4-3-5-7-14/h3-12H,2H2,1H3,(H,19,21)(H,20,22)/b18-12+. The maximum atomic E-state index is 11.7. The maximum Gasteiger partial charge on any atom is 0.329 e. The van der Waals surface area contributed by atoms with E-state index in [0.29, 0.717) is 12.3 Å². The summed E-state index contributed by atoms with van der Waals surface area (Å²) in [6, 6.07) is 15.9. The van der Waals surface area contributed by atoms with E-state index in [1.54, 1.807) is 48.5 Å². The number of carbonyl (C=O) groups excluding carboxylic acids is 2. The summed E-state index contributed by atoms with van der Waals surface area (Å²) in [5.41, 5.74) is 3.50. The Morgan fingerprint density at radius 2 is 1.74 bits per heavy atom. The minimum Gasteiger partial charge on any atom is -0.494 e. The molecule has 0 unspecified atom stereocenters. The van der Waals surface area contributed by atoms with E-state index in [9.17, 15) is 9.59 Å². The molecule has 0 aliphatic heterocycles. The fourth-order valence-corrected chi connectivity index (χ4v) is 1.74. The second-order valence-electron chi connectivity index (χ2n) is 4.52. The number of rotatable bonds is 5. The van der Waals surface area contributed by atoms with Crippen LogP contribution in [-0.2, 0) is 9.59 Å². The van der Waals surface area contributed by atoms with Crippen molar-refractivity contribution >= 4 is 23.7 Å². The number of hydrazone groups is 1. The van der Waals surface area contributed by atoms with Gasteiger partial charge >= 0.3 is 11.8 Å². The average molecular weight is 311 g/mol. The summed E-state index contributed by atoms with van der Waals surface area (Å²) >= 11 is 0. The molecule has 0 saturated heterocycles. The Hall–Kier alpha value is -3.15. The lowest BCUT2D eigenvalue weighted by atomic mass is 10.2. The second-order valence-corrected chi connectivity index (χ2v) is 4.52. The summed E-state index contributed by atoms with van der Waals surface area (Å²) in [6.45, 7) is 2.51. The van der Waals surface area contributed by atoms with Crippen LogP contribution >= 0.6 is 0 Å². The average Bonchev–Trinajstić information content (AvgIpc) is 2.57. The molecule has 0 aliphatic rings. The molecule has 6 nitrogen and oxygen atoms in total. The summed E-state index contributed by atoms with van der Waals surface area (Å²) in [5, 5.41) is 6.22. The Bertz CT molecular complexity index is 682. The number of anilines is 1. The van der Waals surface area contributed by atoms with E-state index in [4.69, 9.17) is 4.74 Å². The molecule has 0 heterocycles. The molecule has 0 atom stereocenters. The third kappa shape index (κ3) is 5.28. The van der Waals surface area contributed by atoms with Crippen LogP contribution in [0, 0.1) is 0 Å². The molecule has 0 bridgehead atoms. The lowest BCUT2D eigenvalue weighted by molar-refractivity contribution is -0.136. The zero-order chi connectivity index (χ0) is 16.5. The van der Waals surface area contributed by atoms with Crippen LogP contribution in [0.4, 0.5) is 5.69 Å². The van der Waals surface area contributed by atoms with Gasteiger partial charge in [-0.3, -0.25) is 9.59 Å². The van der Waals surface area contributed by atoms with Gasteiger partial charge in [0.15, 0.2) is 0 Å². The lowest BCUT2D eigenvalue weighted by Crippen LogP contribution is -2.32. The maximum absolute atomic E-state index is 11.7. The van der Waals surface area contributed by atoms with Gasteiger partial charge in [-0.15, -0.1) is 0 Å². The first kappa shape index (κ1) is 16.2. The van der Waals surface area contributed by atoms with Crippen molar-refractivity contribution in [2.75, 3.05) is 11.9 Å². The predicted octanol–water partition coefficient (Wildman–Crippen LogP) is 2.17. The molecule has 2 aromatic carbocycles. The molecule has 0 spiro atoms. The number of nitrogens with one attached hydrogen (secondary N) is 2. The van der Waals surface area contributed by atoms with Crippen molar-refractivity contribution in [3.63, 3.8) is 0 Å². The number of para-hydroxylation sites is 1. The Morgan fingerprint density at radius 3 is 2.39 bits per heavy atom. The highest BCUT2D eigenvalue weighted by atomic mass is 16.5. The van der Waals surface area contributed by atoms with Crippen LogP contribution < -0.4 is 15.5 Å². The minimum absolute atomic E-state index is 0.545. The molecule has 0 radical (unpaired) electrons. The van der Waals surface area contributed by atoms with Crippen molar-refractivity contribution in [1.29, 1.82) is 0 Å². The molecule has 0 saturated carbocycles. The highest BCUT2D eigenvalue weighted by Gasteiger charge is 2.12. The van der Waals surface area contributed by atoms with Crippen molar-refractivity contribution in [3.8, 4) is 5.75 Å². The van der Waals surface area contributed by atoms with E-state index in [-0.39, 0.29) is 0 Å². The normalized spacial score (nSPS) is 10.3. The van der Waals surface area contributed by atoms with E-state index in [1.165, 1.54) is 6.21 Å². The van der Waals surface area contributed by atoms with Crippen molar-refractivity contribution in [2.45, 2.75) is 6.92 Å². The Kier molecular flexibility index (Phi) is 5.88. The fraction of sp³-hybridized carbons (Fsp3) is 0.118. The van der Waals surface area contributed by atoms with Gasteiger partial charge in [-0.1, -0.05) is 18.2 Å². The van der Waals surface area contributed by atoms with Crippen molar-refractivity contribution in [2.24, 2.45) is 5.10 Å². The third-order valence-electron chi connectivity index (χ3n) is 2.81. The molecule has 2 rings (SSSR count). The topological polar surface area (TPSA) is 79.8 Å². The zero-order valence-electron chi connectivity index (χ0n) is 12.7. The summed E-state index contributed by atoms with van der Waals surface area (Å²) in [7, 11) is 0. The summed E-state index contributed by atoms with van der Waals surface area (Å²) in [5.74, 6) is -0.855. The number of carbonyl (C=O) groups is 2. The molecule has 2 aromatic rings. The quantitative estimate of drug-likeness (QED) is 0.504. The summed E-state index contributed by atoms with van der Waals surface area (Å²) in [6.07, 6.45) is 1.45. The van der Waals surface area contributed by atoms with Crippen LogP contribution in [0.5, 0.6) is 5.75 Å². The highest BCUT2D eigenvalue weighted by Crippen LogP contribution is 2.10. The van der Waals surface area contributed by atoms with Crippen molar-refractivity contribution < 1.29 is 14.3 Å². The van der Waals surface area contributed by atoms with Crippen molar-refractivity contribution in [1.82, 2.24) is 5.43 Å². The van der Waals surface area contributed by atoms with E-state index >= 15 is 0 Å². The fourth-order valence-electron chi connectivity index (χ4n) is 1.74. The lowest BCUT2D eigenvalue weighted by Gasteiger charge is -2.03. The third-order valence-corrected chi connectivity index (χ3v) is 2.81. The van der Waals surface area contributed by atoms with Crippen LogP contribution in [0.25, 0.3) is 0 Å². The molecule has 23 heavy (non-hydrogen) atoms. The van der Waals surface area contributed by atoms with Gasteiger partial charge < -0.3 is 10.1 Å². The molecular weight excluding hydrogens is 294 g/mol. The first-order valence-corrected chi connectivity index (χ1v) is 7.11. The van der Waals surface area contributed by atoms with Gasteiger partial charge in [0.1, 0.15) is 5.75 Å². The smallest absolute Gasteiger partial charge is 0.329 e. The van der Waals surface area contributed by atoms with E-state index in [1.807, 2.05) is 13.0 Å². The molecule has 2 amide bonds. The SMILES string of the molecule is CCOc1ccc(/C=N/NC(=O)C(=O)Nc2ccccc2)cc1. The first-order chi connectivity index (χ1) is 11.2. The predicted molar refractivity (Wildman–Crippen MR) is 88.4 cm³/mol. The van der Waals surface area contributed by atoms with Gasteiger partial charge in [0.25, 0.3) is 0 Å². The van der Waals surface area contributed by atoms with Gasteiger partial charge in [0.05, 0.1) is 12.8 Å². The van der Waals surface area contributed by atoms with Gasteiger partial charge in [-0.05, 0) is 48.9 Å². The number of benzene rings is 2. The van der Waals surface area contributed by atoms with Gasteiger partial charge in [-0.25, -0.2) is 5.43 Å². The van der Waals surface area contributed by atoms with Crippen LogP contribution in [0.1, 0.15) is 12.5 Å².